The number of rotatable bonds is 3. The van der Waals surface area contributed by atoms with Crippen LogP contribution in [0.1, 0.15) is 11.1 Å². The van der Waals surface area contributed by atoms with Gasteiger partial charge in [-0.2, -0.15) is 0 Å². The second-order valence-electron chi connectivity index (χ2n) is 3.87. The molecule has 1 nitrogen and oxygen atoms in total. The fraction of sp³-hybridized carbons (Fsp3) is 0.143. The van der Waals surface area contributed by atoms with Gasteiger partial charge >= 0.3 is 0 Å². The predicted molar refractivity (Wildman–Crippen MR) is 74.9 cm³/mol. The van der Waals surface area contributed by atoms with Gasteiger partial charge in [0.1, 0.15) is 5.75 Å². The van der Waals surface area contributed by atoms with Crippen molar-refractivity contribution in [2.45, 2.75) is 12.8 Å². The van der Waals surface area contributed by atoms with E-state index in [1.165, 1.54) is 0 Å². The maximum Gasteiger partial charge on any atom is 0.168 e. The van der Waals surface area contributed by atoms with E-state index in [-0.39, 0.29) is 11.6 Å². The van der Waals surface area contributed by atoms with Crippen molar-refractivity contribution in [1.29, 1.82) is 0 Å². The number of benzene rings is 2. The zero-order valence-electron chi connectivity index (χ0n) is 9.71. The van der Waals surface area contributed by atoms with Gasteiger partial charge in [-0.3, -0.25) is 0 Å². The third-order valence-electron chi connectivity index (χ3n) is 2.55. The van der Waals surface area contributed by atoms with Crippen LogP contribution < -0.4 is 4.74 Å². The number of hydrogen-bond donors (Lipinski definition) is 0. The van der Waals surface area contributed by atoms with Crippen LogP contribution in [-0.2, 0) is 5.88 Å². The molecule has 2 rings (SSSR count). The van der Waals surface area contributed by atoms with Crippen LogP contribution in [0.5, 0.6) is 11.5 Å². The highest BCUT2D eigenvalue weighted by Gasteiger charge is 2.10. The Kier molecular flexibility index (Phi) is 4.25. The molecule has 4 heteroatoms. The Morgan fingerprint density at radius 1 is 1.22 bits per heavy atom. The molecule has 18 heavy (non-hydrogen) atoms. The van der Waals surface area contributed by atoms with Crippen molar-refractivity contribution in [3.05, 3.63) is 57.8 Å². The minimum Gasteiger partial charge on any atom is -0.454 e. The quantitative estimate of drug-likeness (QED) is 0.682. The lowest BCUT2D eigenvalue weighted by molar-refractivity contribution is 0.437. The van der Waals surface area contributed by atoms with Crippen molar-refractivity contribution in [2.75, 3.05) is 0 Å². The van der Waals surface area contributed by atoms with Crippen LogP contribution in [-0.4, -0.2) is 0 Å². The molecule has 0 aliphatic heterocycles. The van der Waals surface area contributed by atoms with Crippen LogP contribution in [0.4, 0.5) is 4.39 Å². The first-order valence-corrected chi connectivity index (χ1v) is 6.72. The third-order valence-corrected chi connectivity index (χ3v) is 3.33. The molecule has 0 aromatic heterocycles. The number of hydrogen-bond acceptors (Lipinski definition) is 1. The molecular weight excluding hydrogens is 319 g/mol. The standard InChI is InChI=1S/C14H11BrClFO/c1-9-3-2-4-12(14(9)17)18-13-7-11(15)6-5-10(13)8-16/h2-7H,8H2,1H3. The number of ether oxygens (including phenoxy) is 1. The fourth-order valence-corrected chi connectivity index (χ4v) is 2.11. The van der Waals surface area contributed by atoms with Gasteiger partial charge in [0.05, 0.1) is 5.88 Å². The number of alkyl halides is 1. The molecule has 0 aliphatic rings. The molecule has 0 spiro atoms. The predicted octanol–water partition coefficient (Wildman–Crippen LogP) is 5.43. The van der Waals surface area contributed by atoms with Crippen LogP contribution in [0.15, 0.2) is 40.9 Å². The van der Waals surface area contributed by atoms with Crippen LogP contribution >= 0.6 is 27.5 Å². The molecule has 2 aromatic rings. The zero-order chi connectivity index (χ0) is 13.1. The smallest absolute Gasteiger partial charge is 0.168 e. The highest BCUT2D eigenvalue weighted by molar-refractivity contribution is 9.10. The van der Waals surface area contributed by atoms with Gasteiger partial charge in [-0.15, -0.1) is 11.6 Å². The first-order valence-electron chi connectivity index (χ1n) is 5.39. The molecule has 0 radical (unpaired) electrons. The van der Waals surface area contributed by atoms with E-state index < -0.39 is 0 Å². The largest absolute Gasteiger partial charge is 0.454 e. The first kappa shape index (κ1) is 13.4. The summed E-state index contributed by atoms with van der Waals surface area (Å²) in [5, 5.41) is 0. The Labute approximate surface area is 119 Å². The average Bonchev–Trinajstić information content (AvgIpc) is 2.35. The van der Waals surface area contributed by atoms with Crippen molar-refractivity contribution in [2.24, 2.45) is 0 Å². The molecule has 94 valence electrons. The normalized spacial score (nSPS) is 10.4. The molecule has 0 saturated heterocycles. The van der Waals surface area contributed by atoms with E-state index in [0.717, 1.165) is 10.0 Å². The van der Waals surface area contributed by atoms with E-state index in [1.54, 1.807) is 31.2 Å². The van der Waals surface area contributed by atoms with E-state index in [1.807, 2.05) is 12.1 Å². The Morgan fingerprint density at radius 3 is 2.72 bits per heavy atom. The van der Waals surface area contributed by atoms with Crippen molar-refractivity contribution in [3.8, 4) is 11.5 Å². The Hall–Kier alpha value is -1.06. The lowest BCUT2D eigenvalue weighted by Gasteiger charge is -2.11. The lowest BCUT2D eigenvalue weighted by Crippen LogP contribution is -1.93. The minimum absolute atomic E-state index is 0.208. The summed E-state index contributed by atoms with van der Waals surface area (Å²) in [6.07, 6.45) is 0. The Morgan fingerprint density at radius 2 is 2.00 bits per heavy atom. The van der Waals surface area contributed by atoms with Crippen molar-refractivity contribution >= 4 is 27.5 Å². The van der Waals surface area contributed by atoms with Gasteiger partial charge in [0.25, 0.3) is 0 Å². The highest BCUT2D eigenvalue weighted by Crippen LogP contribution is 2.31. The summed E-state index contributed by atoms with van der Waals surface area (Å²) in [7, 11) is 0. The van der Waals surface area contributed by atoms with Crippen LogP contribution in [0.2, 0.25) is 0 Å². The third kappa shape index (κ3) is 2.85. The van der Waals surface area contributed by atoms with Gasteiger partial charge < -0.3 is 4.74 Å². The molecule has 0 aliphatic carbocycles. The zero-order valence-corrected chi connectivity index (χ0v) is 12.1. The van der Waals surface area contributed by atoms with Gasteiger partial charge in [0.15, 0.2) is 11.6 Å². The topological polar surface area (TPSA) is 9.23 Å². The van der Waals surface area contributed by atoms with Gasteiger partial charge in [-0.05, 0) is 30.7 Å². The lowest BCUT2D eigenvalue weighted by atomic mass is 10.2. The van der Waals surface area contributed by atoms with Gasteiger partial charge in [-0.25, -0.2) is 4.39 Å². The second kappa shape index (κ2) is 5.72. The van der Waals surface area contributed by atoms with E-state index >= 15 is 0 Å². The highest BCUT2D eigenvalue weighted by atomic mass is 79.9. The van der Waals surface area contributed by atoms with E-state index in [2.05, 4.69) is 15.9 Å². The second-order valence-corrected chi connectivity index (χ2v) is 5.06. The summed E-state index contributed by atoms with van der Waals surface area (Å²) in [6, 6.07) is 10.6. The Bertz CT molecular complexity index is 572. The number of aryl methyl sites for hydroxylation is 1. The average molecular weight is 330 g/mol. The molecular formula is C14H11BrClFO. The molecule has 0 unspecified atom stereocenters. The molecule has 2 aromatic carbocycles. The van der Waals surface area contributed by atoms with E-state index in [4.69, 9.17) is 16.3 Å². The summed E-state index contributed by atoms with van der Waals surface area (Å²) in [6.45, 7) is 1.70. The molecule has 0 bridgehead atoms. The van der Waals surface area contributed by atoms with E-state index in [0.29, 0.717) is 17.2 Å². The van der Waals surface area contributed by atoms with Crippen LogP contribution in [0.25, 0.3) is 0 Å². The summed E-state index contributed by atoms with van der Waals surface area (Å²) < 4.78 is 20.3. The number of halogens is 3. The van der Waals surface area contributed by atoms with Crippen LogP contribution in [0, 0.1) is 12.7 Å². The maximum absolute atomic E-state index is 13.9. The summed E-state index contributed by atoms with van der Waals surface area (Å²) >= 11 is 9.19. The summed E-state index contributed by atoms with van der Waals surface area (Å²) in [5.41, 5.74) is 1.37. The van der Waals surface area contributed by atoms with Crippen molar-refractivity contribution in [3.63, 3.8) is 0 Å². The minimum atomic E-state index is -0.349. The van der Waals surface area contributed by atoms with Crippen molar-refractivity contribution < 1.29 is 9.13 Å². The monoisotopic (exact) mass is 328 g/mol. The summed E-state index contributed by atoms with van der Waals surface area (Å²) in [4.78, 5) is 0. The van der Waals surface area contributed by atoms with Gasteiger partial charge in [0, 0.05) is 10.0 Å². The Balaban J connectivity index is 2.39. The SMILES string of the molecule is Cc1cccc(Oc2cc(Br)ccc2CCl)c1F. The molecule has 0 heterocycles. The van der Waals surface area contributed by atoms with Crippen LogP contribution in [0.3, 0.4) is 0 Å². The molecule has 0 fully saturated rings. The fourth-order valence-electron chi connectivity index (χ4n) is 1.55. The van der Waals surface area contributed by atoms with Gasteiger partial charge in [-0.1, -0.05) is 34.1 Å². The maximum atomic E-state index is 13.9. The summed E-state index contributed by atoms with van der Waals surface area (Å²) in [5.74, 6) is 0.733. The molecule has 0 amide bonds. The molecule has 0 atom stereocenters. The van der Waals surface area contributed by atoms with Gasteiger partial charge in [0.2, 0.25) is 0 Å². The van der Waals surface area contributed by atoms with E-state index in [9.17, 15) is 4.39 Å². The molecule has 0 saturated carbocycles. The van der Waals surface area contributed by atoms with Crippen molar-refractivity contribution in [1.82, 2.24) is 0 Å². The molecule has 0 N–H and O–H groups in total. The first-order chi connectivity index (χ1) is 8.61.